The molecule has 1 nitrogen and oxygen atoms in total. The van der Waals surface area contributed by atoms with E-state index in [0.29, 0.717) is 0 Å². The average molecular weight is 403 g/mol. The monoisotopic (exact) mass is 402 g/mol. The summed E-state index contributed by atoms with van der Waals surface area (Å²) in [6.45, 7) is 6.22. The second kappa shape index (κ2) is 9.34. The van der Waals surface area contributed by atoms with Crippen molar-refractivity contribution in [1.29, 1.82) is 0 Å². The first-order chi connectivity index (χ1) is 14.7. The fourth-order valence-corrected chi connectivity index (χ4v) is 6.19. The van der Waals surface area contributed by atoms with Gasteiger partial charge in [-0.25, -0.2) is 0 Å². The third-order valence-electron chi connectivity index (χ3n) is 5.10. The molecule has 0 spiro atoms. The number of hydrogen-bond acceptors (Lipinski definition) is 1. The Morgan fingerprint density at radius 2 is 1.07 bits per heavy atom. The van der Waals surface area contributed by atoms with Gasteiger partial charge < -0.3 is 0 Å². The standard InChI is InChI=1S/C28H24NSi/c1-22(24-13-6-3-7-14-24)29-23(2)25-15-12-20-28(21-25)30(26-16-8-4-9-17-26)27-18-10-5-11-19-27/h3-21H,1H2,2H3. The smallest absolute Gasteiger partial charge is 0.154 e. The van der Waals surface area contributed by atoms with E-state index in [1.165, 1.54) is 15.6 Å². The molecule has 0 N–H and O–H groups in total. The van der Waals surface area contributed by atoms with E-state index in [4.69, 9.17) is 4.99 Å². The van der Waals surface area contributed by atoms with E-state index in [9.17, 15) is 0 Å². The Morgan fingerprint density at radius 1 is 0.600 bits per heavy atom. The molecule has 0 heterocycles. The quantitative estimate of drug-likeness (QED) is 0.252. The summed E-state index contributed by atoms with van der Waals surface area (Å²) < 4.78 is 0. The molecule has 0 saturated carbocycles. The minimum Gasteiger partial charge on any atom is -0.253 e. The zero-order chi connectivity index (χ0) is 20.8. The van der Waals surface area contributed by atoms with E-state index in [1.807, 2.05) is 30.3 Å². The molecule has 4 rings (SSSR count). The van der Waals surface area contributed by atoms with Crippen LogP contribution in [0.4, 0.5) is 0 Å². The molecule has 0 aromatic heterocycles. The lowest BCUT2D eigenvalue weighted by Crippen LogP contribution is -2.52. The van der Waals surface area contributed by atoms with Gasteiger partial charge in [0.05, 0.1) is 5.70 Å². The Hall–Kier alpha value is -3.49. The highest BCUT2D eigenvalue weighted by Crippen LogP contribution is 2.15. The van der Waals surface area contributed by atoms with E-state index in [0.717, 1.165) is 22.5 Å². The molecule has 0 aliphatic heterocycles. The van der Waals surface area contributed by atoms with Crippen molar-refractivity contribution in [3.63, 3.8) is 0 Å². The Kier molecular flexibility index (Phi) is 6.16. The molecule has 1 radical (unpaired) electrons. The second-order valence-electron chi connectivity index (χ2n) is 7.20. The van der Waals surface area contributed by atoms with Crippen LogP contribution in [0.5, 0.6) is 0 Å². The van der Waals surface area contributed by atoms with Gasteiger partial charge in [0.1, 0.15) is 0 Å². The summed E-state index contributed by atoms with van der Waals surface area (Å²) in [6, 6.07) is 40.6. The Morgan fingerprint density at radius 3 is 1.63 bits per heavy atom. The first kappa shape index (κ1) is 19.8. The Labute approximate surface area is 180 Å². The van der Waals surface area contributed by atoms with Crippen molar-refractivity contribution in [2.24, 2.45) is 4.99 Å². The van der Waals surface area contributed by atoms with Crippen molar-refractivity contribution in [3.8, 4) is 0 Å². The maximum Gasteiger partial charge on any atom is 0.154 e. The molecule has 0 bridgehead atoms. The predicted molar refractivity (Wildman–Crippen MR) is 132 cm³/mol. The summed E-state index contributed by atoms with van der Waals surface area (Å²) in [6.07, 6.45) is 0. The Bertz CT molecular complexity index is 1110. The number of nitrogens with zero attached hydrogens (tertiary/aromatic N) is 1. The molecule has 0 aliphatic rings. The van der Waals surface area contributed by atoms with Gasteiger partial charge >= 0.3 is 0 Å². The molecule has 4 aromatic carbocycles. The highest BCUT2D eigenvalue weighted by molar-refractivity contribution is 6.95. The summed E-state index contributed by atoms with van der Waals surface area (Å²) in [7, 11) is -1.09. The molecule has 0 saturated heterocycles. The van der Waals surface area contributed by atoms with Gasteiger partial charge in [-0.2, -0.15) is 0 Å². The lowest BCUT2D eigenvalue weighted by molar-refractivity contribution is 1.48. The van der Waals surface area contributed by atoms with Gasteiger partial charge in [-0.3, -0.25) is 4.99 Å². The Balaban J connectivity index is 1.72. The van der Waals surface area contributed by atoms with Gasteiger partial charge in [-0.15, -0.1) is 0 Å². The van der Waals surface area contributed by atoms with Crippen LogP contribution >= 0.6 is 0 Å². The SMILES string of the molecule is C=C(N=C(C)c1cccc([Si](c2ccccc2)c2ccccc2)c1)c1ccccc1. The molecular formula is C28H24NSi. The fraction of sp³-hybridized carbons (Fsp3) is 0.0357. The third kappa shape index (κ3) is 4.56. The molecule has 4 aromatic rings. The van der Waals surface area contributed by atoms with E-state index < -0.39 is 8.80 Å². The minimum atomic E-state index is -1.09. The van der Waals surface area contributed by atoms with Crippen molar-refractivity contribution >= 4 is 35.8 Å². The lowest BCUT2D eigenvalue weighted by Gasteiger charge is -2.17. The van der Waals surface area contributed by atoms with Gasteiger partial charge in [0.25, 0.3) is 0 Å². The van der Waals surface area contributed by atoms with Crippen LogP contribution < -0.4 is 15.6 Å². The molecular weight excluding hydrogens is 378 g/mol. The van der Waals surface area contributed by atoms with Gasteiger partial charge in [-0.05, 0) is 23.2 Å². The maximum atomic E-state index is 4.80. The largest absolute Gasteiger partial charge is 0.253 e. The van der Waals surface area contributed by atoms with Crippen LogP contribution in [0.15, 0.2) is 127 Å². The molecule has 0 atom stereocenters. The van der Waals surface area contributed by atoms with Crippen LogP contribution in [0.3, 0.4) is 0 Å². The molecule has 145 valence electrons. The van der Waals surface area contributed by atoms with E-state index in [-0.39, 0.29) is 0 Å². The summed E-state index contributed by atoms with van der Waals surface area (Å²) >= 11 is 0. The van der Waals surface area contributed by atoms with Crippen LogP contribution in [0, 0.1) is 0 Å². The highest BCUT2D eigenvalue weighted by Gasteiger charge is 2.19. The summed E-state index contributed by atoms with van der Waals surface area (Å²) in [5.74, 6) is 0. The first-order valence-electron chi connectivity index (χ1n) is 10.1. The summed E-state index contributed by atoms with van der Waals surface area (Å²) in [5.41, 5.74) is 3.95. The van der Waals surface area contributed by atoms with Crippen LogP contribution in [-0.2, 0) is 0 Å². The van der Waals surface area contributed by atoms with E-state index >= 15 is 0 Å². The lowest BCUT2D eigenvalue weighted by atomic mass is 10.1. The first-order valence-corrected chi connectivity index (χ1v) is 11.6. The zero-order valence-electron chi connectivity index (χ0n) is 17.1. The average Bonchev–Trinajstić information content (AvgIpc) is 2.81. The number of rotatable bonds is 6. The molecule has 2 heteroatoms. The molecule has 0 amide bonds. The van der Waals surface area contributed by atoms with E-state index in [2.05, 4.69) is 98.4 Å². The van der Waals surface area contributed by atoms with Crippen molar-refractivity contribution in [3.05, 3.63) is 133 Å². The van der Waals surface area contributed by atoms with Crippen LogP contribution in [0.1, 0.15) is 18.1 Å². The second-order valence-corrected chi connectivity index (χ2v) is 9.68. The summed E-state index contributed by atoms with van der Waals surface area (Å²) in [4.78, 5) is 4.80. The van der Waals surface area contributed by atoms with Crippen molar-refractivity contribution in [2.75, 3.05) is 0 Å². The number of hydrogen-bond donors (Lipinski definition) is 0. The molecule has 0 aliphatic carbocycles. The number of aliphatic imine (C=N–C) groups is 1. The fourth-order valence-electron chi connectivity index (χ4n) is 3.57. The third-order valence-corrected chi connectivity index (χ3v) is 7.81. The highest BCUT2D eigenvalue weighted by atomic mass is 28.3. The van der Waals surface area contributed by atoms with Crippen LogP contribution in [0.2, 0.25) is 0 Å². The van der Waals surface area contributed by atoms with Gasteiger partial charge in [-0.1, -0.05) is 132 Å². The van der Waals surface area contributed by atoms with Crippen molar-refractivity contribution in [1.82, 2.24) is 0 Å². The topological polar surface area (TPSA) is 12.4 Å². The van der Waals surface area contributed by atoms with Gasteiger partial charge in [0, 0.05) is 5.71 Å². The number of benzene rings is 4. The predicted octanol–water partition coefficient (Wildman–Crippen LogP) is 4.68. The normalized spacial score (nSPS) is 11.5. The molecule has 30 heavy (non-hydrogen) atoms. The van der Waals surface area contributed by atoms with Crippen LogP contribution in [0.25, 0.3) is 5.70 Å². The van der Waals surface area contributed by atoms with E-state index in [1.54, 1.807) is 0 Å². The van der Waals surface area contributed by atoms with Gasteiger partial charge in [0.15, 0.2) is 8.80 Å². The minimum absolute atomic E-state index is 0.787. The van der Waals surface area contributed by atoms with Crippen molar-refractivity contribution in [2.45, 2.75) is 6.92 Å². The summed E-state index contributed by atoms with van der Waals surface area (Å²) in [5, 5.41) is 4.12. The maximum absolute atomic E-state index is 4.80. The zero-order valence-corrected chi connectivity index (χ0v) is 18.1. The van der Waals surface area contributed by atoms with Gasteiger partial charge in [0.2, 0.25) is 0 Å². The molecule has 0 unspecified atom stereocenters. The molecule has 0 fully saturated rings. The van der Waals surface area contributed by atoms with Crippen molar-refractivity contribution < 1.29 is 0 Å². The van der Waals surface area contributed by atoms with Crippen LogP contribution in [-0.4, -0.2) is 14.5 Å².